The van der Waals surface area contributed by atoms with Gasteiger partial charge < -0.3 is 10.3 Å². The van der Waals surface area contributed by atoms with Crippen molar-refractivity contribution in [1.29, 1.82) is 0 Å². The minimum atomic E-state index is -0.109. The number of benzene rings is 1. The molecule has 27 heavy (non-hydrogen) atoms. The van der Waals surface area contributed by atoms with E-state index in [4.69, 9.17) is 0 Å². The van der Waals surface area contributed by atoms with E-state index in [9.17, 15) is 4.79 Å². The smallest absolute Gasteiger partial charge is 0.244 e. The Morgan fingerprint density at radius 2 is 2.15 bits per heavy atom. The quantitative estimate of drug-likeness (QED) is 0.455. The second-order valence-electron chi connectivity index (χ2n) is 6.23. The van der Waals surface area contributed by atoms with Crippen molar-refractivity contribution in [2.45, 2.75) is 12.8 Å². The largest absolute Gasteiger partial charge is 0.361 e. The van der Waals surface area contributed by atoms with Gasteiger partial charge in [0.2, 0.25) is 5.91 Å². The van der Waals surface area contributed by atoms with Gasteiger partial charge in [0.15, 0.2) is 0 Å². The van der Waals surface area contributed by atoms with Gasteiger partial charge in [0.25, 0.3) is 0 Å². The lowest BCUT2D eigenvalue weighted by Crippen LogP contribution is -2.26. The van der Waals surface area contributed by atoms with Crippen LogP contribution in [-0.4, -0.2) is 22.4 Å². The van der Waals surface area contributed by atoms with Gasteiger partial charge >= 0.3 is 0 Å². The molecule has 0 saturated carbocycles. The number of carbonyl (C=O) groups is 1. The maximum absolute atomic E-state index is 12.3. The second-order valence-corrected chi connectivity index (χ2v) is 8.27. The third-order valence-corrected chi connectivity index (χ3v) is 6.18. The number of thiophene rings is 1. The van der Waals surface area contributed by atoms with Crippen LogP contribution in [0.5, 0.6) is 0 Å². The van der Waals surface area contributed by atoms with Crippen molar-refractivity contribution >= 4 is 45.6 Å². The zero-order valence-corrected chi connectivity index (χ0v) is 16.4. The van der Waals surface area contributed by atoms with E-state index < -0.39 is 0 Å². The van der Waals surface area contributed by atoms with Gasteiger partial charge in [-0.2, -0.15) is 0 Å². The van der Waals surface area contributed by atoms with Crippen LogP contribution < -0.4 is 5.32 Å². The van der Waals surface area contributed by atoms with Crippen LogP contribution in [0.4, 0.5) is 0 Å². The molecule has 4 nitrogen and oxygen atoms in total. The van der Waals surface area contributed by atoms with Crippen LogP contribution in [0.2, 0.25) is 0 Å². The number of rotatable bonds is 6. The van der Waals surface area contributed by atoms with Crippen molar-refractivity contribution in [1.82, 2.24) is 15.3 Å². The first kappa shape index (κ1) is 17.7. The van der Waals surface area contributed by atoms with Crippen molar-refractivity contribution in [2.75, 3.05) is 6.54 Å². The van der Waals surface area contributed by atoms with Gasteiger partial charge in [-0.3, -0.25) is 4.79 Å². The molecule has 3 aromatic heterocycles. The first-order valence-electron chi connectivity index (χ1n) is 8.68. The van der Waals surface area contributed by atoms with Gasteiger partial charge in [-0.15, -0.1) is 22.7 Å². The molecular weight excluding hydrogens is 374 g/mol. The molecule has 1 aromatic carbocycles. The van der Waals surface area contributed by atoms with Crippen molar-refractivity contribution < 1.29 is 4.79 Å². The highest BCUT2D eigenvalue weighted by Gasteiger charge is 2.19. The summed E-state index contributed by atoms with van der Waals surface area (Å²) in [5.41, 5.74) is 3.13. The molecule has 0 bridgehead atoms. The molecule has 1 amide bonds. The van der Waals surface area contributed by atoms with Crippen LogP contribution in [0.1, 0.15) is 27.1 Å². The lowest BCUT2D eigenvalue weighted by molar-refractivity contribution is -0.116. The number of aromatic nitrogens is 2. The average Bonchev–Trinajstić information content (AvgIpc) is 3.42. The van der Waals surface area contributed by atoms with Crippen LogP contribution in [0.3, 0.4) is 0 Å². The summed E-state index contributed by atoms with van der Waals surface area (Å²) in [6.07, 6.45) is 5.36. The van der Waals surface area contributed by atoms with E-state index in [0.717, 1.165) is 16.2 Å². The lowest BCUT2D eigenvalue weighted by Gasteiger charge is -2.15. The molecule has 0 aliphatic carbocycles. The zero-order chi connectivity index (χ0) is 18.6. The lowest BCUT2D eigenvalue weighted by atomic mass is 9.96. The molecule has 4 rings (SSSR count). The summed E-state index contributed by atoms with van der Waals surface area (Å²) >= 11 is 3.29. The summed E-state index contributed by atoms with van der Waals surface area (Å²) in [5.74, 6) is 0.00191. The Hall–Kier alpha value is -2.70. The standard InChI is InChI=1S/C21H19N3OS2/c1-14-24-15(13-27-14)8-9-21(25)23-12-18(20-7-4-10-26-20)17-11-22-19-6-3-2-5-16(17)19/h2-11,13,18,22H,12H2,1H3,(H,23,25)/b9-8+. The van der Waals surface area contributed by atoms with Crippen LogP contribution >= 0.6 is 22.7 Å². The Labute approximate surface area is 165 Å². The number of H-pyrrole nitrogens is 1. The Kier molecular flexibility index (Phi) is 5.18. The number of thiazole rings is 1. The number of amides is 1. The summed E-state index contributed by atoms with van der Waals surface area (Å²) < 4.78 is 0. The molecule has 0 aliphatic rings. The molecule has 6 heteroatoms. The van der Waals surface area contributed by atoms with Crippen molar-refractivity contribution in [3.63, 3.8) is 0 Å². The molecule has 0 aliphatic heterocycles. The number of aromatic amines is 1. The van der Waals surface area contributed by atoms with Crippen LogP contribution in [0.15, 0.2) is 59.4 Å². The predicted molar refractivity (Wildman–Crippen MR) is 113 cm³/mol. The normalized spacial score (nSPS) is 12.6. The van der Waals surface area contributed by atoms with Gasteiger partial charge in [-0.25, -0.2) is 4.98 Å². The number of nitrogens with one attached hydrogen (secondary N) is 2. The van der Waals surface area contributed by atoms with Gasteiger partial charge in [0, 0.05) is 45.9 Å². The maximum Gasteiger partial charge on any atom is 0.244 e. The SMILES string of the molecule is Cc1nc(/C=C/C(=O)NCC(c2cccs2)c2c[nH]c3ccccc23)cs1. The molecule has 4 aromatic rings. The number of nitrogens with zero attached hydrogens (tertiary/aromatic N) is 1. The van der Waals surface area contributed by atoms with E-state index in [-0.39, 0.29) is 11.8 Å². The predicted octanol–water partition coefficient (Wildman–Crippen LogP) is 4.96. The molecule has 0 fully saturated rings. The minimum Gasteiger partial charge on any atom is -0.361 e. The minimum absolute atomic E-state index is 0.109. The highest BCUT2D eigenvalue weighted by Crippen LogP contribution is 2.32. The van der Waals surface area contributed by atoms with E-state index in [1.807, 2.05) is 30.5 Å². The number of hydrogen-bond donors (Lipinski definition) is 2. The van der Waals surface area contributed by atoms with E-state index in [0.29, 0.717) is 6.54 Å². The summed E-state index contributed by atoms with van der Waals surface area (Å²) in [4.78, 5) is 21.2. The Morgan fingerprint density at radius 3 is 2.93 bits per heavy atom. The maximum atomic E-state index is 12.3. The van der Waals surface area contributed by atoms with Gasteiger partial charge in [-0.1, -0.05) is 24.3 Å². The van der Waals surface area contributed by atoms with Crippen molar-refractivity contribution in [2.24, 2.45) is 0 Å². The van der Waals surface area contributed by atoms with Crippen LogP contribution in [-0.2, 0) is 4.79 Å². The third kappa shape index (κ3) is 4.02. The summed E-state index contributed by atoms with van der Waals surface area (Å²) in [6, 6.07) is 12.4. The molecule has 0 radical (unpaired) electrons. The molecule has 1 unspecified atom stereocenters. The molecular formula is C21H19N3OS2. The Morgan fingerprint density at radius 1 is 1.26 bits per heavy atom. The first-order valence-corrected chi connectivity index (χ1v) is 10.4. The number of hydrogen-bond acceptors (Lipinski definition) is 4. The molecule has 1 atom stereocenters. The molecule has 0 spiro atoms. The van der Waals surface area contributed by atoms with Crippen LogP contribution in [0.25, 0.3) is 17.0 Å². The summed E-state index contributed by atoms with van der Waals surface area (Å²) in [5, 5.41) is 9.25. The molecule has 3 heterocycles. The molecule has 2 N–H and O–H groups in total. The van der Waals surface area contributed by atoms with Gasteiger partial charge in [0.1, 0.15) is 0 Å². The number of fused-ring (bicyclic) bond motifs is 1. The highest BCUT2D eigenvalue weighted by atomic mass is 32.1. The summed E-state index contributed by atoms with van der Waals surface area (Å²) in [7, 11) is 0. The fourth-order valence-electron chi connectivity index (χ4n) is 3.11. The monoisotopic (exact) mass is 393 g/mol. The number of carbonyl (C=O) groups excluding carboxylic acids is 1. The second kappa shape index (κ2) is 7.90. The first-order chi connectivity index (χ1) is 13.2. The van der Waals surface area contributed by atoms with Crippen molar-refractivity contribution in [3.8, 4) is 0 Å². The fourth-order valence-corrected chi connectivity index (χ4v) is 4.54. The molecule has 136 valence electrons. The van der Waals surface area contributed by atoms with Gasteiger partial charge in [-0.05, 0) is 36.1 Å². The highest BCUT2D eigenvalue weighted by molar-refractivity contribution is 7.10. The number of para-hydroxylation sites is 1. The zero-order valence-electron chi connectivity index (χ0n) is 14.8. The van der Waals surface area contributed by atoms with Crippen molar-refractivity contribution in [3.05, 3.63) is 80.6 Å². The van der Waals surface area contributed by atoms with E-state index in [2.05, 4.69) is 45.1 Å². The van der Waals surface area contributed by atoms with Crippen LogP contribution in [0, 0.1) is 6.92 Å². The average molecular weight is 394 g/mol. The molecule has 0 saturated heterocycles. The summed E-state index contributed by atoms with van der Waals surface area (Å²) in [6.45, 7) is 2.50. The Bertz CT molecular complexity index is 1080. The topological polar surface area (TPSA) is 57.8 Å². The Balaban J connectivity index is 1.52. The van der Waals surface area contributed by atoms with E-state index in [1.54, 1.807) is 34.8 Å². The van der Waals surface area contributed by atoms with Gasteiger partial charge in [0.05, 0.1) is 10.7 Å². The third-order valence-electron chi connectivity index (χ3n) is 4.41. The number of aryl methyl sites for hydroxylation is 1. The van der Waals surface area contributed by atoms with E-state index >= 15 is 0 Å². The van der Waals surface area contributed by atoms with E-state index in [1.165, 1.54) is 15.8 Å². The fraction of sp³-hybridized carbons (Fsp3) is 0.143.